The molecule has 1 aromatic carbocycles. The minimum Gasteiger partial charge on any atom is -0.491 e. The molecule has 3 rings (SSSR count). The second kappa shape index (κ2) is 4.03. The largest absolute Gasteiger partial charge is 0.491 e. The summed E-state index contributed by atoms with van der Waals surface area (Å²) in [7, 11) is 0. The molecule has 0 bridgehead atoms. The molecule has 16 heavy (non-hydrogen) atoms. The van der Waals surface area contributed by atoms with Crippen LogP contribution in [0.1, 0.15) is 23.8 Å². The van der Waals surface area contributed by atoms with Crippen molar-refractivity contribution in [2.45, 2.75) is 18.8 Å². The lowest BCUT2D eigenvalue weighted by Crippen LogP contribution is -2.00. The Balaban J connectivity index is 1.90. The molecule has 0 radical (unpaired) electrons. The first kappa shape index (κ1) is 10.1. The summed E-state index contributed by atoms with van der Waals surface area (Å²) in [4.78, 5) is 4.61. The highest BCUT2D eigenvalue weighted by molar-refractivity contribution is 7.18. The molecule has 1 aliphatic rings. The zero-order valence-electron chi connectivity index (χ0n) is 8.85. The van der Waals surface area contributed by atoms with Gasteiger partial charge in [0.05, 0.1) is 21.8 Å². The normalized spacial score (nSPS) is 15.6. The smallest absolute Gasteiger partial charge is 0.120 e. The first-order valence-corrected chi connectivity index (χ1v) is 6.32. The van der Waals surface area contributed by atoms with Gasteiger partial charge in [0.25, 0.3) is 0 Å². The monoisotopic (exact) mass is 235 g/mol. The molecule has 2 aromatic rings. The van der Waals surface area contributed by atoms with Gasteiger partial charge in [-0.3, -0.25) is 0 Å². The molecule has 0 saturated heterocycles. The Hall–Kier alpha value is -1.13. The van der Waals surface area contributed by atoms with Crippen molar-refractivity contribution in [3.8, 4) is 5.75 Å². The first-order chi connectivity index (χ1) is 7.86. The van der Waals surface area contributed by atoms with E-state index in [0.717, 1.165) is 11.3 Å². The Bertz CT molecular complexity index is 505. The van der Waals surface area contributed by atoms with Crippen LogP contribution in [-0.4, -0.2) is 23.3 Å². The molecule has 0 atom stereocenters. The standard InChI is InChI=1S/C12H13NO2S/c14-5-6-15-9-3-4-10-11(7-9)16-12(13-10)8-1-2-8/h3-4,7-8,14H,1-2,5-6H2. The average Bonchev–Trinajstić information content (AvgIpc) is 3.06. The molecular formula is C12H13NO2S. The highest BCUT2D eigenvalue weighted by Gasteiger charge is 2.26. The van der Waals surface area contributed by atoms with Gasteiger partial charge in [-0.25, -0.2) is 4.98 Å². The summed E-state index contributed by atoms with van der Waals surface area (Å²) in [5, 5.41) is 9.95. The van der Waals surface area contributed by atoms with E-state index in [1.54, 1.807) is 11.3 Å². The van der Waals surface area contributed by atoms with Gasteiger partial charge in [-0.15, -0.1) is 11.3 Å². The van der Waals surface area contributed by atoms with E-state index in [2.05, 4.69) is 4.98 Å². The number of hydrogen-bond donors (Lipinski definition) is 1. The molecule has 84 valence electrons. The Morgan fingerprint density at radius 1 is 1.44 bits per heavy atom. The maximum Gasteiger partial charge on any atom is 0.120 e. The zero-order valence-corrected chi connectivity index (χ0v) is 9.67. The van der Waals surface area contributed by atoms with Gasteiger partial charge < -0.3 is 9.84 Å². The van der Waals surface area contributed by atoms with Crippen LogP contribution in [0.25, 0.3) is 10.2 Å². The second-order valence-corrected chi connectivity index (χ2v) is 5.09. The molecule has 4 heteroatoms. The van der Waals surface area contributed by atoms with Crippen LogP contribution in [0.5, 0.6) is 5.75 Å². The topological polar surface area (TPSA) is 42.4 Å². The molecule has 0 amide bonds. The fraction of sp³-hybridized carbons (Fsp3) is 0.417. The third-order valence-corrected chi connectivity index (χ3v) is 3.84. The minimum absolute atomic E-state index is 0.0497. The van der Waals surface area contributed by atoms with Gasteiger partial charge in [-0.2, -0.15) is 0 Å². The zero-order chi connectivity index (χ0) is 11.0. The van der Waals surface area contributed by atoms with Gasteiger partial charge in [-0.05, 0) is 31.0 Å². The van der Waals surface area contributed by atoms with E-state index in [-0.39, 0.29) is 6.61 Å². The van der Waals surface area contributed by atoms with Gasteiger partial charge in [0.1, 0.15) is 12.4 Å². The van der Waals surface area contributed by atoms with Crippen molar-refractivity contribution in [3.05, 3.63) is 23.2 Å². The van der Waals surface area contributed by atoms with E-state index in [9.17, 15) is 0 Å². The van der Waals surface area contributed by atoms with Crippen LogP contribution < -0.4 is 4.74 Å². The number of thiazole rings is 1. The predicted octanol–water partition coefficient (Wildman–Crippen LogP) is 2.54. The number of nitrogens with zero attached hydrogens (tertiary/aromatic N) is 1. The van der Waals surface area contributed by atoms with Crippen LogP contribution in [-0.2, 0) is 0 Å². The van der Waals surface area contributed by atoms with Crippen LogP contribution in [0.2, 0.25) is 0 Å². The van der Waals surface area contributed by atoms with E-state index in [4.69, 9.17) is 9.84 Å². The SMILES string of the molecule is OCCOc1ccc2nc(C3CC3)sc2c1. The summed E-state index contributed by atoms with van der Waals surface area (Å²) in [5.41, 5.74) is 1.06. The van der Waals surface area contributed by atoms with Crippen molar-refractivity contribution < 1.29 is 9.84 Å². The molecule has 1 N–H and O–H groups in total. The van der Waals surface area contributed by atoms with Crippen molar-refractivity contribution >= 4 is 21.6 Å². The molecule has 3 nitrogen and oxygen atoms in total. The molecule has 0 spiro atoms. The van der Waals surface area contributed by atoms with Crippen molar-refractivity contribution in [1.82, 2.24) is 4.98 Å². The molecule has 1 aromatic heterocycles. The maximum absolute atomic E-state index is 8.69. The minimum atomic E-state index is 0.0497. The van der Waals surface area contributed by atoms with Crippen molar-refractivity contribution in [1.29, 1.82) is 0 Å². The highest BCUT2D eigenvalue weighted by Crippen LogP contribution is 2.43. The summed E-state index contributed by atoms with van der Waals surface area (Å²) < 4.78 is 6.56. The van der Waals surface area contributed by atoms with E-state index in [1.807, 2.05) is 18.2 Å². The number of aliphatic hydroxyl groups is 1. The summed E-state index contributed by atoms with van der Waals surface area (Å²) in [6, 6.07) is 5.91. The quantitative estimate of drug-likeness (QED) is 0.885. The Labute approximate surface area is 97.7 Å². The van der Waals surface area contributed by atoms with Gasteiger partial charge in [0, 0.05) is 5.92 Å². The molecule has 0 unspecified atom stereocenters. The summed E-state index contributed by atoms with van der Waals surface area (Å²) in [5.74, 6) is 1.52. The van der Waals surface area contributed by atoms with E-state index < -0.39 is 0 Å². The van der Waals surface area contributed by atoms with E-state index >= 15 is 0 Å². The lowest BCUT2D eigenvalue weighted by atomic mass is 10.3. The number of benzene rings is 1. The van der Waals surface area contributed by atoms with Crippen molar-refractivity contribution in [3.63, 3.8) is 0 Å². The molecule has 1 aliphatic carbocycles. The maximum atomic E-state index is 8.69. The Morgan fingerprint density at radius 3 is 3.06 bits per heavy atom. The fourth-order valence-corrected chi connectivity index (χ4v) is 2.85. The van der Waals surface area contributed by atoms with E-state index in [1.165, 1.54) is 22.5 Å². The van der Waals surface area contributed by atoms with Crippen LogP contribution in [0.3, 0.4) is 0 Å². The average molecular weight is 235 g/mol. The van der Waals surface area contributed by atoms with Gasteiger partial charge in [-0.1, -0.05) is 0 Å². The Morgan fingerprint density at radius 2 is 2.31 bits per heavy atom. The number of hydrogen-bond acceptors (Lipinski definition) is 4. The predicted molar refractivity (Wildman–Crippen MR) is 64.2 cm³/mol. The highest BCUT2D eigenvalue weighted by atomic mass is 32.1. The lowest BCUT2D eigenvalue weighted by molar-refractivity contribution is 0.201. The summed E-state index contributed by atoms with van der Waals surface area (Å²) >= 11 is 1.76. The van der Waals surface area contributed by atoms with E-state index in [0.29, 0.717) is 12.5 Å². The first-order valence-electron chi connectivity index (χ1n) is 5.51. The van der Waals surface area contributed by atoms with Crippen molar-refractivity contribution in [2.24, 2.45) is 0 Å². The van der Waals surface area contributed by atoms with Gasteiger partial charge >= 0.3 is 0 Å². The second-order valence-electron chi connectivity index (χ2n) is 4.03. The number of rotatable bonds is 4. The molecule has 1 fully saturated rings. The molecular weight excluding hydrogens is 222 g/mol. The van der Waals surface area contributed by atoms with Crippen LogP contribution in [0, 0.1) is 0 Å². The van der Waals surface area contributed by atoms with Crippen molar-refractivity contribution in [2.75, 3.05) is 13.2 Å². The summed E-state index contributed by atoms with van der Waals surface area (Å²) in [6.07, 6.45) is 2.57. The number of aliphatic hydroxyl groups excluding tert-OH is 1. The number of fused-ring (bicyclic) bond motifs is 1. The third kappa shape index (κ3) is 1.90. The van der Waals surface area contributed by atoms with Crippen LogP contribution in [0.15, 0.2) is 18.2 Å². The van der Waals surface area contributed by atoms with Gasteiger partial charge in [0.15, 0.2) is 0 Å². The van der Waals surface area contributed by atoms with Crippen LogP contribution >= 0.6 is 11.3 Å². The molecule has 0 aliphatic heterocycles. The Kier molecular flexibility index (Phi) is 2.53. The number of aromatic nitrogens is 1. The molecule has 1 saturated carbocycles. The van der Waals surface area contributed by atoms with Gasteiger partial charge in [0.2, 0.25) is 0 Å². The molecule has 1 heterocycles. The lowest BCUT2D eigenvalue weighted by Gasteiger charge is -2.02. The fourth-order valence-electron chi connectivity index (χ4n) is 1.68. The van der Waals surface area contributed by atoms with Crippen LogP contribution in [0.4, 0.5) is 0 Å². The summed E-state index contributed by atoms with van der Waals surface area (Å²) in [6.45, 7) is 0.397. The number of ether oxygens (including phenoxy) is 1. The third-order valence-electron chi connectivity index (χ3n) is 2.66.